The highest BCUT2D eigenvalue weighted by Gasteiger charge is 1.87. The number of hydrazone groups is 1. The van der Waals surface area contributed by atoms with E-state index in [0.29, 0.717) is 6.41 Å². The van der Waals surface area contributed by atoms with Gasteiger partial charge in [-0.3, -0.25) is 4.79 Å². The van der Waals surface area contributed by atoms with Crippen molar-refractivity contribution in [3.63, 3.8) is 0 Å². The van der Waals surface area contributed by atoms with Gasteiger partial charge in [0, 0.05) is 12.8 Å². The number of hydrogen-bond donors (Lipinski definition) is 0. The van der Waals surface area contributed by atoms with E-state index in [1.165, 1.54) is 5.01 Å². The minimum absolute atomic E-state index is 0.680. The molecule has 1 amide bonds. The smallest absolute Gasteiger partial charge is 0.229 e. The summed E-state index contributed by atoms with van der Waals surface area (Å²) in [5.41, 5.74) is 0.963. The summed E-state index contributed by atoms with van der Waals surface area (Å²) < 4.78 is 0. The summed E-state index contributed by atoms with van der Waals surface area (Å²) >= 11 is 0. The lowest BCUT2D eigenvalue weighted by Crippen LogP contribution is -2.09. The van der Waals surface area contributed by atoms with Crippen LogP contribution >= 0.6 is 0 Å². The fraction of sp³-hybridized carbons (Fsp3) is 0.667. The summed E-state index contributed by atoms with van der Waals surface area (Å²) in [6, 6.07) is 0. The SMILES string of the molecule is CC/C(C)=N/N(C)C=O. The molecule has 0 fully saturated rings. The predicted octanol–water partition coefficient (Wildman–Crippen LogP) is 0.861. The maximum Gasteiger partial charge on any atom is 0.229 e. The van der Waals surface area contributed by atoms with Crippen molar-refractivity contribution in [3.8, 4) is 0 Å². The Bertz CT molecular complexity index is 120. The van der Waals surface area contributed by atoms with Crippen LogP contribution in [-0.4, -0.2) is 24.2 Å². The van der Waals surface area contributed by atoms with Crippen LogP contribution in [0, 0.1) is 0 Å². The summed E-state index contributed by atoms with van der Waals surface area (Å²) in [4.78, 5) is 9.98. The average molecular weight is 128 g/mol. The van der Waals surface area contributed by atoms with Crippen LogP contribution in [0.1, 0.15) is 20.3 Å². The van der Waals surface area contributed by atoms with E-state index in [2.05, 4.69) is 5.10 Å². The number of amides is 1. The summed E-state index contributed by atoms with van der Waals surface area (Å²) in [6.45, 7) is 3.89. The van der Waals surface area contributed by atoms with Gasteiger partial charge in [0.05, 0.1) is 0 Å². The lowest BCUT2D eigenvalue weighted by Gasteiger charge is -2.02. The van der Waals surface area contributed by atoms with Crippen molar-refractivity contribution >= 4 is 12.1 Å². The zero-order valence-electron chi connectivity index (χ0n) is 6.09. The van der Waals surface area contributed by atoms with Crippen LogP contribution in [0.15, 0.2) is 5.10 Å². The minimum atomic E-state index is 0.680. The Morgan fingerprint density at radius 2 is 2.33 bits per heavy atom. The van der Waals surface area contributed by atoms with Gasteiger partial charge in [0.1, 0.15) is 0 Å². The average Bonchev–Trinajstić information content (AvgIpc) is 1.87. The molecule has 0 saturated heterocycles. The van der Waals surface area contributed by atoms with Gasteiger partial charge in [-0.1, -0.05) is 6.92 Å². The van der Waals surface area contributed by atoms with Crippen LogP contribution < -0.4 is 0 Å². The van der Waals surface area contributed by atoms with E-state index in [1.54, 1.807) is 7.05 Å². The highest BCUT2D eigenvalue weighted by atomic mass is 16.1. The second-order valence-corrected chi connectivity index (χ2v) is 1.87. The predicted molar refractivity (Wildman–Crippen MR) is 37.2 cm³/mol. The first-order valence-corrected chi connectivity index (χ1v) is 2.93. The van der Waals surface area contributed by atoms with Crippen LogP contribution in [0.2, 0.25) is 0 Å². The molecule has 0 spiro atoms. The summed E-state index contributed by atoms with van der Waals surface area (Å²) in [5, 5.41) is 5.16. The minimum Gasteiger partial charge on any atom is -0.277 e. The van der Waals surface area contributed by atoms with Crippen molar-refractivity contribution in [2.45, 2.75) is 20.3 Å². The molecular weight excluding hydrogens is 116 g/mol. The Kier molecular flexibility index (Phi) is 3.67. The number of carbonyl (C=O) groups excluding carboxylic acids is 1. The molecule has 0 aromatic rings. The van der Waals surface area contributed by atoms with Gasteiger partial charge in [-0.25, -0.2) is 5.01 Å². The Labute approximate surface area is 55.4 Å². The highest BCUT2D eigenvalue weighted by Crippen LogP contribution is 1.85. The van der Waals surface area contributed by atoms with Gasteiger partial charge in [-0.15, -0.1) is 0 Å². The Morgan fingerprint density at radius 1 is 1.78 bits per heavy atom. The van der Waals surface area contributed by atoms with Gasteiger partial charge < -0.3 is 0 Å². The quantitative estimate of drug-likeness (QED) is 0.315. The lowest BCUT2D eigenvalue weighted by molar-refractivity contribution is -0.117. The van der Waals surface area contributed by atoms with Crippen molar-refractivity contribution in [1.82, 2.24) is 5.01 Å². The molecule has 0 bridgehead atoms. The molecule has 0 radical (unpaired) electrons. The normalized spacial score (nSPS) is 11.2. The molecule has 3 nitrogen and oxygen atoms in total. The molecule has 0 aliphatic heterocycles. The molecule has 0 N–H and O–H groups in total. The van der Waals surface area contributed by atoms with Crippen LogP contribution in [0.3, 0.4) is 0 Å². The second kappa shape index (κ2) is 4.06. The molecule has 0 saturated carbocycles. The first kappa shape index (κ1) is 8.14. The molecule has 0 atom stereocenters. The third-order valence-electron chi connectivity index (χ3n) is 0.993. The van der Waals surface area contributed by atoms with E-state index in [-0.39, 0.29) is 0 Å². The first-order chi connectivity index (χ1) is 4.20. The molecule has 9 heavy (non-hydrogen) atoms. The molecule has 0 aliphatic carbocycles. The molecular formula is C6H12N2O. The van der Waals surface area contributed by atoms with Crippen molar-refractivity contribution in [2.24, 2.45) is 5.10 Å². The monoisotopic (exact) mass is 128 g/mol. The van der Waals surface area contributed by atoms with Crippen molar-refractivity contribution in [2.75, 3.05) is 7.05 Å². The number of rotatable bonds is 3. The van der Waals surface area contributed by atoms with E-state index < -0.39 is 0 Å². The van der Waals surface area contributed by atoms with Gasteiger partial charge in [0.25, 0.3) is 0 Å². The van der Waals surface area contributed by atoms with Crippen LogP contribution in [0.5, 0.6) is 0 Å². The second-order valence-electron chi connectivity index (χ2n) is 1.87. The van der Waals surface area contributed by atoms with Gasteiger partial charge >= 0.3 is 0 Å². The summed E-state index contributed by atoms with van der Waals surface area (Å²) in [6.07, 6.45) is 1.57. The Balaban J connectivity index is 3.78. The van der Waals surface area contributed by atoms with E-state index >= 15 is 0 Å². The van der Waals surface area contributed by atoms with Gasteiger partial charge in [-0.05, 0) is 13.3 Å². The van der Waals surface area contributed by atoms with Crippen molar-refractivity contribution in [1.29, 1.82) is 0 Å². The topological polar surface area (TPSA) is 32.7 Å². The van der Waals surface area contributed by atoms with Crippen LogP contribution in [0.4, 0.5) is 0 Å². The maximum absolute atomic E-state index is 9.98. The number of carbonyl (C=O) groups is 1. The summed E-state index contributed by atoms with van der Waals surface area (Å²) in [5.74, 6) is 0. The van der Waals surface area contributed by atoms with Crippen LogP contribution in [-0.2, 0) is 4.79 Å². The van der Waals surface area contributed by atoms with Crippen molar-refractivity contribution < 1.29 is 4.79 Å². The van der Waals surface area contributed by atoms with Gasteiger partial charge in [-0.2, -0.15) is 5.10 Å². The van der Waals surface area contributed by atoms with E-state index in [4.69, 9.17) is 0 Å². The highest BCUT2D eigenvalue weighted by molar-refractivity contribution is 5.81. The van der Waals surface area contributed by atoms with E-state index in [9.17, 15) is 4.79 Å². The van der Waals surface area contributed by atoms with Crippen LogP contribution in [0.25, 0.3) is 0 Å². The number of hydrogen-bond acceptors (Lipinski definition) is 2. The fourth-order valence-corrected chi connectivity index (χ4v) is 0.364. The molecule has 52 valence electrons. The third-order valence-corrected chi connectivity index (χ3v) is 0.993. The van der Waals surface area contributed by atoms with Gasteiger partial charge in [0.2, 0.25) is 6.41 Å². The van der Waals surface area contributed by atoms with Crippen molar-refractivity contribution in [3.05, 3.63) is 0 Å². The lowest BCUT2D eigenvalue weighted by atomic mass is 10.3. The fourth-order valence-electron chi connectivity index (χ4n) is 0.364. The number of nitrogens with zero attached hydrogens (tertiary/aromatic N) is 2. The van der Waals surface area contributed by atoms with E-state index in [1.807, 2.05) is 13.8 Å². The van der Waals surface area contributed by atoms with Gasteiger partial charge in [0.15, 0.2) is 0 Å². The molecule has 0 rings (SSSR count). The molecule has 0 aromatic heterocycles. The molecule has 0 unspecified atom stereocenters. The zero-order chi connectivity index (χ0) is 7.28. The third kappa shape index (κ3) is 3.70. The Morgan fingerprint density at radius 3 is 2.67 bits per heavy atom. The molecule has 0 aliphatic rings. The van der Waals surface area contributed by atoms with E-state index in [0.717, 1.165) is 12.1 Å². The standard InChI is InChI=1S/C6H12N2O/c1-4-6(2)7-8(3)5-9/h5H,4H2,1-3H3/b7-6+. The Hall–Kier alpha value is -0.860. The summed E-state index contributed by atoms with van der Waals surface area (Å²) in [7, 11) is 1.62. The maximum atomic E-state index is 9.98. The molecule has 3 heteroatoms. The first-order valence-electron chi connectivity index (χ1n) is 2.93. The molecule has 0 aromatic carbocycles. The zero-order valence-corrected chi connectivity index (χ0v) is 6.09. The largest absolute Gasteiger partial charge is 0.277 e. The molecule has 0 heterocycles.